The highest BCUT2D eigenvalue weighted by atomic mass is 16.5. The lowest BCUT2D eigenvalue weighted by molar-refractivity contribution is 0.0936. The number of methoxy groups -OCH3 is 1. The SMILES string of the molecule is COc1cc(N)cc(C(=O)NC(C)Cn2ccnc2)c1. The topological polar surface area (TPSA) is 82.2 Å². The van der Waals surface area contributed by atoms with Gasteiger partial charge in [-0.1, -0.05) is 0 Å². The van der Waals surface area contributed by atoms with Gasteiger partial charge in [0.1, 0.15) is 5.75 Å². The average molecular weight is 274 g/mol. The number of aromatic nitrogens is 2. The van der Waals surface area contributed by atoms with Crippen molar-refractivity contribution in [3.8, 4) is 5.75 Å². The standard InChI is InChI=1S/C14H18N4O2/c1-10(8-18-4-3-16-9-18)17-14(19)11-5-12(15)7-13(6-11)20-2/h3-7,9-10H,8,15H2,1-2H3,(H,17,19). The van der Waals surface area contributed by atoms with E-state index < -0.39 is 0 Å². The van der Waals surface area contributed by atoms with Gasteiger partial charge < -0.3 is 20.4 Å². The summed E-state index contributed by atoms with van der Waals surface area (Å²) in [6, 6.07) is 4.94. The molecule has 0 saturated heterocycles. The molecular weight excluding hydrogens is 256 g/mol. The molecule has 0 aliphatic carbocycles. The Morgan fingerprint density at radius 2 is 2.30 bits per heavy atom. The Hall–Kier alpha value is -2.50. The maximum atomic E-state index is 12.2. The number of carbonyl (C=O) groups is 1. The fourth-order valence-corrected chi connectivity index (χ4v) is 1.93. The number of rotatable bonds is 5. The highest BCUT2D eigenvalue weighted by molar-refractivity contribution is 5.95. The van der Waals surface area contributed by atoms with Gasteiger partial charge in [0.2, 0.25) is 0 Å². The molecule has 2 aromatic rings. The van der Waals surface area contributed by atoms with E-state index in [2.05, 4.69) is 10.3 Å². The van der Waals surface area contributed by atoms with E-state index in [9.17, 15) is 4.79 Å². The first-order chi connectivity index (χ1) is 9.58. The van der Waals surface area contributed by atoms with Gasteiger partial charge >= 0.3 is 0 Å². The number of benzene rings is 1. The Bertz CT molecular complexity index is 581. The molecule has 1 atom stereocenters. The molecule has 6 nitrogen and oxygen atoms in total. The molecule has 106 valence electrons. The molecule has 2 rings (SSSR count). The number of carbonyl (C=O) groups excluding carboxylic acids is 1. The first-order valence-corrected chi connectivity index (χ1v) is 6.29. The van der Waals surface area contributed by atoms with E-state index in [4.69, 9.17) is 10.5 Å². The third-order valence-electron chi connectivity index (χ3n) is 2.85. The minimum atomic E-state index is -0.178. The van der Waals surface area contributed by atoms with Crippen molar-refractivity contribution in [2.24, 2.45) is 0 Å². The molecule has 6 heteroatoms. The maximum absolute atomic E-state index is 12.2. The smallest absolute Gasteiger partial charge is 0.251 e. The molecular formula is C14H18N4O2. The normalized spacial score (nSPS) is 11.9. The van der Waals surface area contributed by atoms with Crippen LogP contribution >= 0.6 is 0 Å². The zero-order valence-electron chi connectivity index (χ0n) is 11.5. The van der Waals surface area contributed by atoms with Crippen molar-refractivity contribution in [3.63, 3.8) is 0 Å². The van der Waals surface area contributed by atoms with E-state index >= 15 is 0 Å². The van der Waals surface area contributed by atoms with Gasteiger partial charge in [-0.05, 0) is 19.1 Å². The van der Waals surface area contributed by atoms with Crippen LogP contribution < -0.4 is 15.8 Å². The molecule has 1 amide bonds. The molecule has 0 aliphatic heterocycles. The molecule has 0 aliphatic rings. The zero-order chi connectivity index (χ0) is 14.5. The van der Waals surface area contributed by atoms with Gasteiger partial charge in [-0.3, -0.25) is 4.79 Å². The van der Waals surface area contributed by atoms with Crippen molar-refractivity contribution in [3.05, 3.63) is 42.5 Å². The number of imidazole rings is 1. The van der Waals surface area contributed by atoms with Crippen LogP contribution in [0.25, 0.3) is 0 Å². The Balaban J connectivity index is 2.02. The van der Waals surface area contributed by atoms with E-state index in [1.807, 2.05) is 17.7 Å². The van der Waals surface area contributed by atoms with Crippen LogP contribution in [0.4, 0.5) is 5.69 Å². The minimum Gasteiger partial charge on any atom is -0.497 e. The highest BCUT2D eigenvalue weighted by Crippen LogP contribution is 2.18. The van der Waals surface area contributed by atoms with Gasteiger partial charge in [-0.25, -0.2) is 4.98 Å². The Kier molecular flexibility index (Phi) is 4.24. The maximum Gasteiger partial charge on any atom is 0.251 e. The lowest BCUT2D eigenvalue weighted by Crippen LogP contribution is -2.35. The van der Waals surface area contributed by atoms with Crippen LogP contribution in [0.1, 0.15) is 17.3 Å². The largest absolute Gasteiger partial charge is 0.497 e. The molecule has 1 heterocycles. The van der Waals surface area contributed by atoms with Crippen LogP contribution in [0.2, 0.25) is 0 Å². The number of ether oxygens (including phenoxy) is 1. The van der Waals surface area contributed by atoms with Gasteiger partial charge in [-0.15, -0.1) is 0 Å². The first kappa shape index (κ1) is 13.9. The molecule has 0 bridgehead atoms. The number of nitrogens with two attached hydrogens (primary N) is 1. The average Bonchev–Trinajstić information content (AvgIpc) is 2.90. The van der Waals surface area contributed by atoms with Gasteiger partial charge in [0, 0.05) is 42.3 Å². The molecule has 0 radical (unpaired) electrons. The second kappa shape index (κ2) is 6.10. The summed E-state index contributed by atoms with van der Waals surface area (Å²) < 4.78 is 7.01. The van der Waals surface area contributed by atoms with Crippen LogP contribution in [0.3, 0.4) is 0 Å². The monoisotopic (exact) mass is 274 g/mol. The summed E-state index contributed by atoms with van der Waals surface area (Å²) in [5.74, 6) is 0.389. The van der Waals surface area contributed by atoms with E-state index in [0.717, 1.165) is 0 Å². The van der Waals surface area contributed by atoms with Crippen molar-refractivity contribution in [2.45, 2.75) is 19.5 Å². The van der Waals surface area contributed by atoms with E-state index in [-0.39, 0.29) is 11.9 Å². The number of nitrogens with zero attached hydrogens (tertiary/aromatic N) is 2. The summed E-state index contributed by atoms with van der Waals surface area (Å²) in [4.78, 5) is 16.1. The summed E-state index contributed by atoms with van der Waals surface area (Å²) in [5, 5.41) is 2.91. The highest BCUT2D eigenvalue weighted by Gasteiger charge is 2.12. The quantitative estimate of drug-likeness (QED) is 0.805. The van der Waals surface area contributed by atoms with Gasteiger partial charge in [-0.2, -0.15) is 0 Å². The Labute approximate surface area is 117 Å². The third-order valence-corrected chi connectivity index (χ3v) is 2.85. The molecule has 0 fully saturated rings. The molecule has 1 aromatic carbocycles. The number of hydrogen-bond donors (Lipinski definition) is 2. The Morgan fingerprint density at radius 1 is 1.50 bits per heavy atom. The van der Waals surface area contributed by atoms with Crippen LogP contribution in [0, 0.1) is 0 Å². The minimum absolute atomic E-state index is 0.0240. The van der Waals surface area contributed by atoms with Crippen molar-refractivity contribution in [2.75, 3.05) is 12.8 Å². The zero-order valence-corrected chi connectivity index (χ0v) is 11.5. The van der Waals surface area contributed by atoms with Gasteiger partial charge in [0.25, 0.3) is 5.91 Å². The van der Waals surface area contributed by atoms with E-state index in [0.29, 0.717) is 23.5 Å². The summed E-state index contributed by atoms with van der Waals surface area (Å²) >= 11 is 0. The lowest BCUT2D eigenvalue weighted by atomic mass is 10.1. The second-order valence-electron chi connectivity index (χ2n) is 4.63. The lowest BCUT2D eigenvalue weighted by Gasteiger charge is -2.15. The molecule has 20 heavy (non-hydrogen) atoms. The van der Waals surface area contributed by atoms with Crippen LogP contribution in [-0.2, 0) is 6.54 Å². The number of hydrogen-bond acceptors (Lipinski definition) is 4. The van der Waals surface area contributed by atoms with Crippen LogP contribution in [-0.4, -0.2) is 28.6 Å². The molecule has 1 unspecified atom stereocenters. The predicted molar refractivity (Wildman–Crippen MR) is 76.6 cm³/mol. The van der Waals surface area contributed by atoms with Gasteiger partial charge in [0.15, 0.2) is 0 Å². The molecule has 1 aromatic heterocycles. The fourth-order valence-electron chi connectivity index (χ4n) is 1.93. The second-order valence-corrected chi connectivity index (χ2v) is 4.63. The van der Waals surface area contributed by atoms with E-state index in [1.165, 1.54) is 7.11 Å². The number of nitrogen functional groups attached to an aromatic ring is 1. The number of amides is 1. The van der Waals surface area contributed by atoms with E-state index in [1.54, 1.807) is 30.7 Å². The fraction of sp³-hybridized carbons (Fsp3) is 0.286. The number of nitrogens with one attached hydrogen (secondary N) is 1. The van der Waals surface area contributed by atoms with Crippen molar-refractivity contribution in [1.29, 1.82) is 0 Å². The summed E-state index contributed by atoms with van der Waals surface area (Å²) in [7, 11) is 1.54. The van der Waals surface area contributed by atoms with Crippen LogP contribution in [0.5, 0.6) is 5.75 Å². The summed E-state index contributed by atoms with van der Waals surface area (Å²) in [6.45, 7) is 2.59. The summed E-state index contributed by atoms with van der Waals surface area (Å²) in [5.41, 5.74) is 6.72. The Morgan fingerprint density at radius 3 is 2.95 bits per heavy atom. The van der Waals surface area contributed by atoms with Gasteiger partial charge in [0.05, 0.1) is 13.4 Å². The molecule has 3 N–H and O–H groups in total. The predicted octanol–water partition coefficient (Wildman–Crippen LogP) is 1.29. The summed E-state index contributed by atoms with van der Waals surface area (Å²) in [6.07, 6.45) is 5.27. The molecule has 0 spiro atoms. The van der Waals surface area contributed by atoms with Crippen molar-refractivity contribution in [1.82, 2.24) is 14.9 Å². The molecule has 0 saturated carbocycles. The first-order valence-electron chi connectivity index (χ1n) is 6.29. The van der Waals surface area contributed by atoms with Crippen LogP contribution in [0.15, 0.2) is 36.9 Å². The van der Waals surface area contributed by atoms with Crippen molar-refractivity contribution >= 4 is 11.6 Å². The number of anilines is 1. The third kappa shape index (κ3) is 3.50. The van der Waals surface area contributed by atoms with Crippen molar-refractivity contribution < 1.29 is 9.53 Å².